The summed E-state index contributed by atoms with van der Waals surface area (Å²) in [5.41, 5.74) is 4.92. The van der Waals surface area contributed by atoms with Crippen LogP contribution in [0.15, 0.2) is 12.3 Å². The molecule has 0 aliphatic heterocycles. The normalized spacial score (nSPS) is 9.62. The number of amides is 1. The molecule has 1 amide bonds. The summed E-state index contributed by atoms with van der Waals surface area (Å²) in [6.45, 7) is 2.49. The maximum Gasteiger partial charge on any atom is 0.245 e. The first kappa shape index (κ1) is 7.01. The summed E-state index contributed by atoms with van der Waals surface area (Å²) in [6, 6.07) is 0. The highest BCUT2D eigenvalue weighted by Crippen LogP contribution is 1.64. The first-order valence-electron chi connectivity index (χ1n) is 2.47. The van der Waals surface area contributed by atoms with Gasteiger partial charge in [-0.1, -0.05) is 0 Å². The van der Waals surface area contributed by atoms with Crippen LogP contribution in [0.25, 0.3) is 0 Å². The van der Waals surface area contributed by atoms with Gasteiger partial charge in [0.1, 0.15) is 0 Å². The third-order valence-corrected chi connectivity index (χ3v) is 0.599. The summed E-state index contributed by atoms with van der Waals surface area (Å²) >= 11 is 0. The van der Waals surface area contributed by atoms with Gasteiger partial charge >= 0.3 is 0 Å². The third kappa shape index (κ3) is 3.21. The van der Waals surface area contributed by atoms with Gasteiger partial charge in [0.2, 0.25) is 5.91 Å². The molecule has 3 heteroatoms. The highest BCUT2D eigenvalue weighted by molar-refractivity contribution is 5.87. The molecule has 8 heavy (non-hydrogen) atoms. The summed E-state index contributed by atoms with van der Waals surface area (Å²) < 4.78 is 0. The number of nitrogens with one attached hydrogen (secondary N) is 1. The molecule has 0 radical (unpaired) electrons. The Morgan fingerprint density at radius 1 is 1.88 bits per heavy atom. The molecule has 0 atom stereocenters. The summed E-state index contributed by atoms with van der Waals surface area (Å²) in [5, 5.41) is 2.54. The van der Waals surface area contributed by atoms with Crippen molar-refractivity contribution in [2.24, 2.45) is 5.73 Å². The fourth-order valence-corrected chi connectivity index (χ4v) is 0.321. The molecule has 3 nitrogen and oxygen atoms in total. The highest BCUT2D eigenvalue weighted by atomic mass is 16.1. The number of likely N-dealkylation sites (N-methyl/N-ethyl adjacent to an activating group) is 1. The van der Waals surface area contributed by atoms with Crippen molar-refractivity contribution in [1.29, 1.82) is 0 Å². The van der Waals surface area contributed by atoms with E-state index in [0.29, 0.717) is 6.54 Å². The summed E-state index contributed by atoms with van der Waals surface area (Å²) in [7, 11) is 0. The summed E-state index contributed by atoms with van der Waals surface area (Å²) in [4.78, 5) is 10.4. The van der Waals surface area contributed by atoms with Crippen molar-refractivity contribution in [3.05, 3.63) is 12.3 Å². The number of hydrogen-bond donors (Lipinski definition) is 2. The van der Waals surface area contributed by atoms with E-state index in [-0.39, 0.29) is 5.91 Å². The van der Waals surface area contributed by atoms with E-state index in [1.807, 2.05) is 6.92 Å². The number of carbonyl (C=O) groups is 1. The first-order chi connectivity index (χ1) is 3.81. The van der Waals surface area contributed by atoms with Crippen LogP contribution in [0, 0.1) is 0 Å². The molecular weight excluding hydrogens is 104 g/mol. The lowest BCUT2D eigenvalue weighted by atomic mass is 10.5. The van der Waals surface area contributed by atoms with Crippen LogP contribution in [-0.4, -0.2) is 12.5 Å². The van der Waals surface area contributed by atoms with Gasteiger partial charge in [0.05, 0.1) is 0 Å². The SMILES string of the molecule is CCNC(=O)/C=C/N. The minimum absolute atomic E-state index is 0.144. The van der Waals surface area contributed by atoms with Crippen LogP contribution in [0.2, 0.25) is 0 Å². The van der Waals surface area contributed by atoms with Crippen LogP contribution < -0.4 is 11.1 Å². The second-order valence-corrected chi connectivity index (χ2v) is 1.25. The molecule has 0 unspecified atom stereocenters. The average Bonchev–Trinajstić information content (AvgIpc) is 1.68. The van der Waals surface area contributed by atoms with Crippen LogP contribution in [0.1, 0.15) is 6.92 Å². The zero-order valence-electron chi connectivity index (χ0n) is 4.85. The molecule has 0 saturated carbocycles. The third-order valence-electron chi connectivity index (χ3n) is 0.599. The van der Waals surface area contributed by atoms with Crippen molar-refractivity contribution in [2.45, 2.75) is 6.92 Å². The lowest BCUT2D eigenvalue weighted by Gasteiger charge is -1.91. The van der Waals surface area contributed by atoms with Gasteiger partial charge < -0.3 is 11.1 Å². The van der Waals surface area contributed by atoms with E-state index < -0.39 is 0 Å². The Morgan fingerprint density at radius 3 is 2.88 bits per heavy atom. The molecule has 0 aromatic rings. The van der Waals surface area contributed by atoms with Gasteiger partial charge in [-0.25, -0.2) is 0 Å². The second kappa shape index (κ2) is 4.18. The number of carbonyl (C=O) groups excluding carboxylic acids is 1. The molecule has 3 N–H and O–H groups in total. The van der Waals surface area contributed by atoms with Crippen molar-refractivity contribution in [2.75, 3.05) is 6.54 Å². The van der Waals surface area contributed by atoms with Gasteiger partial charge in [0.15, 0.2) is 0 Å². The lowest BCUT2D eigenvalue weighted by Crippen LogP contribution is -2.20. The van der Waals surface area contributed by atoms with Gasteiger partial charge in [-0.15, -0.1) is 0 Å². The van der Waals surface area contributed by atoms with E-state index >= 15 is 0 Å². The molecule has 0 fully saturated rings. The lowest BCUT2D eigenvalue weighted by molar-refractivity contribution is -0.116. The molecule has 46 valence electrons. The topological polar surface area (TPSA) is 55.1 Å². The van der Waals surface area contributed by atoms with E-state index in [9.17, 15) is 4.79 Å². The number of rotatable bonds is 2. The van der Waals surface area contributed by atoms with Gasteiger partial charge in [-0.2, -0.15) is 0 Å². The van der Waals surface area contributed by atoms with Gasteiger partial charge in [-0.05, 0) is 13.1 Å². The molecule has 0 heterocycles. The molecular formula is C5H10N2O. The molecule has 0 aromatic heterocycles. The van der Waals surface area contributed by atoms with Crippen molar-refractivity contribution in [3.63, 3.8) is 0 Å². The van der Waals surface area contributed by atoms with Crippen LogP contribution in [0.4, 0.5) is 0 Å². The Hall–Kier alpha value is -0.990. The van der Waals surface area contributed by atoms with Gasteiger partial charge in [0.25, 0.3) is 0 Å². The maximum atomic E-state index is 10.4. The smallest absolute Gasteiger partial charge is 0.245 e. The monoisotopic (exact) mass is 114 g/mol. The van der Waals surface area contributed by atoms with Crippen LogP contribution in [-0.2, 0) is 4.79 Å². The van der Waals surface area contributed by atoms with E-state index in [2.05, 4.69) is 5.32 Å². The standard InChI is InChI=1S/C5H10N2O/c1-2-7-5(8)3-4-6/h3-4H,2,6H2,1H3,(H,7,8)/b4-3+. The Kier molecular flexibility index (Phi) is 3.66. The van der Waals surface area contributed by atoms with Crippen LogP contribution >= 0.6 is 0 Å². The van der Waals surface area contributed by atoms with Crippen LogP contribution in [0.3, 0.4) is 0 Å². The predicted molar refractivity (Wildman–Crippen MR) is 32.0 cm³/mol. The Labute approximate surface area is 48.6 Å². The van der Waals surface area contributed by atoms with E-state index in [4.69, 9.17) is 5.73 Å². The van der Waals surface area contributed by atoms with Gasteiger partial charge in [0, 0.05) is 12.6 Å². The molecule has 0 aliphatic carbocycles. The van der Waals surface area contributed by atoms with Crippen molar-refractivity contribution < 1.29 is 4.79 Å². The zero-order chi connectivity index (χ0) is 6.41. The van der Waals surface area contributed by atoms with E-state index in [1.54, 1.807) is 0 Å². The molecule has 0 spiro atoms. The zero-order valence-corrected chi connectivity index (χ0v) is 4.85. The van der Waals surface area contributed by atoms with Crippen molar-refractivity contribution >= 4 is 5.91 Å². The Balaban J connectivity index is 3.33. The van der Waals surface area contributed by atoms with Crippen molar-refractivity contribution in [3.8, 4) is 0 Å². The van der Waals surface area contributed by atoms with E-state index in [0.717, 1.165) is 0 Å². The summed E-state index contributed by atoms with van der Waals surface area (Å²) in [6.07, 6.45) is 2.49. The van der Waals surface area contributed by atoms with E-state index in [1.165, 1.54) is 12.3 Å². The molecule has 0 aliphatic rings. The number of hydrogen-bond acceptors (Lipinski definition) is 2. The molecule has 0 rings (SSSR count). The quantitative estimate of drug-likeness (QED) is 0.480. The fraction of sp³-hybridized carbons (Fsp3) is 0.400. The van der Waals surface area contributed by atoms with Crippen molar-refractivity contribution in [1.82, 2.24) is 5.32 Å². The highest BCUT2D eigenvalue weighted by Gasteiger charge is 1.85. The Morgan fingerprint density at radius 2 is 2.50 bits per heavy atom. The maximum absolute atomic E-state index is 10.4. The first-order valence-corrected chi connectivity index (χ1v) is 2.47. The second-order valence-electron chi connectivity index (χ2n) is 1.25. The summed E-state index contributed by atoms with van der Waals surface area (Å²) in [5.74, 6) is -0.144. The largest absolute Gasteiger partial charge is 0.404 e. The minimum Gasteiger partial charge on any atom is -0.404 e. The molecule has 0 saturated heterocycles. The minimum atomic E-state index is -0.144. The average molecular weight is 114 g/mol. The predicted octanol–water partition coefficient (Wildman–Crippen LogP) is -0.405. The molecule has 0 bridgehead atoms. The fourth-order valence-electron chi connectivity index (χ4n) is 0.321. The Bertz CT molecular complexity index is 98.6. The number of nitrogens with two attached hydrogens (primary N) is 1. The molecule has 0 aromatic carbocycles. The van der Waals surface area contributed by atoms with Crippen LogP contribution in [0.5, 0.6) is 0 Å². The van der Waals surface area contributed by atoms with Gasteiger partial charge in [-0.3, -0.25) is 4.79 Å².